The predicted octanol–water partition coefficient (Wildman–Crippen LogP) is 1.87. The van der Waals surface area contributed by atoms with Crippen molar-refractivity contribution < 1.29 is 0 Å². The van der Waals surface area contributed by atoms with E-state index >= 15 is 0 Å². The molecule has 3 heteroatoms. The van der Waals surface area contributed by atoms with Gasteiger partial charge in [0, 0.05) is 35.8 Å². The molecule has 1 heterocycles. The van der Waals surface area contributed by atoms with Crippen molar-refractivity contribution in [2.75, 3.05) is 7.05 Å². The van der Waals surface area contributed by atoms with E-state index in [0.29, 0.717) is 6.54 Å². The fourth-order valence-electron chi connectivity index (χ4n) is 1.86. The number of hydrogen-bond donors (Lipinski definition) is 1. The Morgan fingerprint density at radius 3 is 2.59 bits per heavy atom. The third kappa shape index (κ3) is 2.45. The Morgan fingerprint density at radius 2 is 1.94 bits per heavy atom. The fraction of sp³-hybridized carbons (Fsp3) is 0.214. The molecule has 0 aliphatic rings. The Kier molecular flexibility index (Phi) is 3.40. The number of aryl methyl sites for hydroxylation is 1. The van der Waals surface area contributed by atoms with Gasteiger partial charge >= 0.3 is 0 Å². The molecule has 1 aromatic carbocycles. The third-order valence-electron chi connectivity index (χ3n) is 2.72. The number of hydrogen-bond acceptors (Lipinski definition) is 2. The van der Waals surface area contributed by atoms with E-state index in [0.717, 1.165) is 16.9 Å². The van der Waals surface area contributed by atoms with E-state index in [1.54, 1.807) is 6.07 Å². The molecule has 0 bridgehead atoms. The number of para-hydroxylation sites is 1. The average molecular weight is 228 g/mol. The Hall–Kier alpha value is -1.87. The topological polar surface area (TPSA) is 34.0 Å². The van der Waals surface area contributed by atoms with Gasteiger partial charge < -0.3 is 9.88 Å². The highest BCUT2D eigenvalue weighted by atomic mass is 16.1. The summed E-state index contributed by atoms with van der Waals surface area (Å²) in [5, 5.41) is 3.01. The maximum absolute atomic E-state index is 11.8. The van der Waals surface area contributed by atoms with Crippen molar-refractivity contribution >= 4 is 0 Å². The van der Waals surface area contributed by atoms with E-state index < -0.39 is 0 Å². The smallest absolute Gasteiger partial charge is 0.186 e. The molecule has 0 fully saturated rings. The summed E-state index contributed by atoms with van der Waals surface area (Å²) in [5.41, 5.74) is 2.88. The Morgan fingerprint density at radius 1 is 1.24 bits per heavy atom. The lowest BCUT2D eigenvalue weighted by atomic mass is 10.2. The molecule has 0 aliphatic carbocycles. The summed E-state index contributed by atoms with van der Waals surface area (Å²) in [6.45, 7) is 2.53. The van der Waals surface area contributed by atoms with Crippen LogP contribution in [0, 0.1) is 6.92 Å². The van der Waals surface area contributed by atoms with Gasteiger partial charge in [-0.2, -0.15) is 0 Å². The van der Waals surface area contributed by atoms with Gasteiger partial charge in [0.05, 0.1) is 0 Å². The zero-order valence-corrected chi connectivity index (χ0v) is 10.1. The highest BCUT2D eigenvalue weighted by molar-refractivity contribution is 5.35. The van der Waals surface area contributed by atoms with Crippen LogP contribution in [-0.2, 0) is 6.54 Å². The number of pyridine rings is 1. The molecule has 0 unspecified atom stereocenters. The second-order valence-corrected chi connectivity index (χ2v) is 4.04. The van der Waals surface area contributed by atoms with Crippen molar-refractivity contribution in [3.63, 3.8) is 0 Å². The summed E-state index contributed by atoms with van der Waals surface area (Å²) in [4.78, 5) is 11.8. The van der Waals surface area contributed by atoms with Crippen LogP contribution in [-0.4, -0.2) is 11.6 Å². The van der Waals surface area contributed by atoms with Crippen LogP contribution in [0.15, 0.2) is 47.4 Å². The molecule has 1 N–H and O–H groups in total. The lowest BCUT2D eigenvalue weighted by molar-refractivity contribution is 0.794. The van der Waals surface area contributed by atoms with Gasteiger partial charge in [-0.05, 0) is 26.1 Å². The van der Waals surface area contributed by atoms with E-state index in [-0.39, 0.29) is 5.43 Å². The van der Waals surface area contributed by atoms with E-state index in [1.165, 1.54) is 0 Å². The molecule has 2 aromatic rings. The van der Waals surface area contributed by atoms with Gasteiger partial charge in [0.1, 0.15) is 0 Å². The molecule has 0 saturated heterocycles. The molecule has 0 atom stereocenters. The molecule has 88 valence electrons. The molecule has 0 saturated carbocycles. The van der Waals surface area contributed by atoms with Crippen LogP contribution in [0.5, 0.6) is 0 Å². The molecule has 0 amide bonds. The Labute approximate surface area is 101 Å². The van der Waals surface area contributed by atoms with Crippen LogP contribution >= 0.6 is 0 Å². The van der Waals surface area contributed by atoms with Crippen LogP contribution in [0.3, 0.4) is 0 Å². The number of benzene rings is 1. The second kappa shape index (κ2) is 4.97. The normalized spacial score (nSPS) is 10.5. The molecular formula is C14H16N2O. The maximum atomic E-state index is 11.8. The van der Waals surface area contributed by atoms with Gasteiger partial charge in [-0.3, -0.25) is 4.79 Å². The Bertz CT molecular complexity index is 558. The first-order valence-electron chi connectivity index (χ1n) is 5.64. The van der Waals surface area contributed by atoms with E-state index in [4.69, 9.17) is 0 Å². The van der Waals surface area contributed by atoms with Gasteiger partial charge in [0.2, 0.25) is 0 Å². The largest absolute Gasteiger partial charge is 0.321 e. The lowest BCUT2D eigenvalue weighted by Gasteiger charge is -2.12. The van der Waals surface area contributed by atoms with E-state index in [2.05, 4.69) is 5.32 Å². The SMILES string of the molecule is CNCc1cn(-c2ccccc2)c(C)cc1=O. The minimum Gasteiger partial charge on any atom is -0.321 e. The molecule has 17 heavy (non-hydrogen) atoms. The minimum atomic E-state index is 0.0871. The van der Waals surface area contributed by atoms with Gasteiger partial charge in [-0.15, -0.1) is 0 Å². The summed E-state index contributed by atoms with van der Waals surface area (Å²) in [7, 11) is 1.84. The fourth-order valence-corrected chi connectivity index (χ4v) is 1.86. The van der Waals surface area contributed by atoms with Gasteiger partial charge in [-0.1, -0.05) is 18.2 Å². The molecule has 0 spiro atoms. The van der Waals surface area contributed by atoms with Gasteiger partial charge in [-0.25, -0.2) is 0 Å². The van der Waals surface area contributed by atoms with Crippen molar-refractivity contribution in [1.82, 2.24) is 9.88 Å². The molecule has 0 aliphatic heterocycles. The van der Waals surface area contributed by atoms with Crippen molar-refractivity contribution in [2.24, 2.45) is 0 Å². The van der Waals surface area contributed by atoms with Crippen LogP contribution in [0.1, 0.15) is 11.3 Å². The first-order valence-corrected chi connectivity index (χ1v) is 5.64. The van der Waals surface area contributed by atoms with Crippen molar-refractivity contribution in [3.8, 4) is 5.69 Å². The number of nitrogens with one attached hydrogen (secondary N) is 1. The summed E-state index contributed by atoms with van der Waals surface area (Å²) < 4.78 is 2.04. The zero-order chi connectivity index (χ0) is 12.3. The highest BCUT2D eigenvalue weighted by Gasteiger charge is 2.04. The molecular weight excluding hydrogens is 212 g/mol. The first-order chi connectivity index (χ1) is 8.22. The Balaban J connectivity index is 2.55. The highest BCUT2D eigenvalue weighted by Crippen LogP contribution is 2.10. The maximum Gasteiger partial charge on any atom is 0.186 e. The number of rotatable bonds is 3. The van der Waals surface area contributed by atoms with Gasteiger partial charge in [0.25, 0.3) is 0 Å². The lowest BCUT2D eigenvalue weighted by Crippen LogP contribution is -2.18. The van der Waals surface area contributed by atoms with E-state index in [9.17, 15) is 4.79 Å². The van der Waals surface area contributed by atoms with Crippen LogP contribution in [0.4, 0.5) is 0 Å². The van der Waals surface area contributed by atoms with Crippen molar-refractivity contribution in [2.45, 2.75) is 13.5 Å². The molecule has 3 nitrogen and oxygen atoms in total. The summed E-state index contributed by atoms with van der Waals surface area (Å²) in [6.07, 6.45) is 1.91. The number of nitrogens with zero attached hydrogens (tertiary/aromatic N) is 1. The third-order valence-corrected chi connectivity index (χ3v) is 2.72. The molecule has 2 rings (SSSR count). The zero-order valence-electron chi connectivity index (χ0n) is 10.1. The second-order valence-electron chi connectivity index (χ2n) is 4.04. The van der Waals surface area contributed by atoms with E-state index in [1.807, 2.05) is 55.1 Å². The summed E-state index contributed by atoms with van der Waals surface area (Å²) in [6, 6.07) is 11.7. The minimum absolute atomic E-state index is 0.0871. The summed E-state index contributed by atoms with van der Waals surface area (Å²) >= 11 is 0. The standard InChI is InChI=1S/C14H16N2O/c1-11-8-14(17)12(9-15-2)10-16(11)13-6-4-3-5-7-13/h3-8,10,15H,9H2,1-2H3. The van der Waals surface area contributed by atoms with Gasteiger partial charge in [0.15, 0.2) is 5.43 Å². The summed E-state index contributed by atoms with van der Waals surface area (Å²) in [5.74, 6) is 0. The number of aromatic nitrogens is 1. The molecule has 1 aromatic heterocycles. The first kappa shape index (κ1) is 11.6. The quantitative estimate of drug-likeness (QED) is 0.870. The monoisotopic (exact) mass is 228 g/mol. The van der Waals surface area contributed by atoms with Crippen molar-refractivity contribution in [3.05, 3.63) is 64.1 Å². The predicted molar refractivity (Wildman–Crippen MR) is 69.5 cm³/mol. The molecule has 0 radical (unpaired) electrons. The van der Waals surface area contributed by atoms with Crippen molar-refractivity contribution in [1.29, 1.82) is 0 Å². The van der Waals surface area contributed by atoms with Crippen LogP contribution < -0.4 is 10.7 Å². The average Bonchev–Trinajstić information content (AvgIpc) is 2.34. The van der Waals surface area contributed by atoms with Crippen LogP contribution in [0.25, 0.3) is 5.69 Å². The van der Waals surface area contributed by atoms with Crippen LogP contribution in [0.2, 0.25) is 0 Å².